The van der Waals surface area contributed by atoms with E-state index in [1.165, 1.54) is 0 Å². The minimum absolute atomic E-state index is 0.0302. The second-order valence-electron chi connectivity index (χ2n) is 14.2. The van der Waals surface area contributed by atoms with Crippen molar-refractivity contribution >= 4 is 5.97 Å². The molecule has 3 fully saturated rings. The summed E-state index contributed by atoms with van der Waals surface area (Å²) in [4.78, 5) is 11.8. The maximum Gasteiger partial charge on any atom is 0.332 e. The molecule has 2 aliphatic carbocycles. The molecule has 1 heterocycles. The van der Waals surface area contributed by atoms with Gasteiger partial charge in [0.15, 0.2) is 6.10 Å². The highest BCUT2D eigenvalue weighted by Gasteiger charge is 2.74. The van der Waals surface area contributed by atoms with Gasteiger partial charge in [-0.2, -0.15) is 0 Å². The van der Waals surface area contributed by atoms with Crippen LogP contribution in [0.3, 0.4) is 0 Å². The van der Waals surface area contributed by atoms with E-state index >= 15 is 0 Å². The number of rotatable bonds is 7. The minimum Gasteiger partial charge on any atom is -0.479 e. The second kappa shape index (κ2) is 9.03. The van der Waals surface area contributed by atoms with Crippen LogP contribution < -0.4 is 0 Å². The Morgan fingerprint density at radius 3 is 2.26 bits per heavy atom. The number of aliphatic hydroxyl groups is 1. The molecule has 1 saturated heterocycles. The minimum atomic E-state index is -0.905. The van der Waals surface area contributed by atoms with Crippen molar-refractivity contribution in [1.29, 1.82) is 0 Å². The molecule has 1 aliphatic heterocycles. The molecule has 9 atom stereocenters. The van der Waals surface area contributed by atoms with E-state index in [0.717, 1.165) is 38.7 Å². The summed E-state index contributed by atoms with van der Waals surface area (Å²) in [6.45, 7) is 23.4. The molecule has 0 aromatic rings. The number of carboxylic acid groups (broad SMARTS) is 1. The first kappa shape index (κ1) is 27.9. The van der Waals surface area contributed by atoms with Crippen molar-refractivity contribution in [2.75, 3.05) is 6.61 Å². The number of aliphatic hydroxyl groups excluding tert-OH is 1. The van der Waals surface area contributed by atoms with Gasteiger partial charge in [0.2, 0.25) is 0 Å². The number of carbonyl (C=O) groups is 1. The van der Waals surface area contributed by atoms with Gasteiger partial charge in [-0.1, -0.05) is 54.9 Å². The highest BCUT2D eigenvalue weighted by atomic mass is 16.5. The Hall–Kier alpha value is -0.650. The van der Waals surface area contributed by atoms with Gasteiger partial charge >= 0.3 is 5.97 Å². The summed E-state index contributed by atoms with van der Waals surface area (Å²) >= 11 is 0. The van der Waals surface area contributed by atoms with Crippen LogP contribution in [0.15, 0.2) is 0 Å². The molecular formula is C29H52O5. The molecule has 198 valence electrons. The summed E-state index contributed by atoms with van der Waals surface area (Å²) in [7, 11) is 0. The molecule has 4 unspecified atom stereocenters. The fourth-order valence-corrected chi connectivity index (χ4v) is 8.61. The van der Waals surface area contributed by atoms with Gasteiger partial charge in [0.25, 0.3) is 0 Å². The Labute approximate surface area is 208 Å². The first-order valence-corrected chi connectivity index (χ1v) is 13.7. The van der Waals surface area contributed by atoms with Crippen molar-refractivity contribution < 1.29 is 24.5 Å². The van der Waals surface area contributed by atoms with E-state index in [0.29, 0.717) is 12.3 Å². The Bertz CT molecular complexity index is 756. The Kier molecular flexibility index (Phi) is 7.41. The van der Waals surface area contributed by atoms with E-state index in [-0.39, 0.29) is 39.1 Å². The van der Waals surface area contributed by atoms with E-state index in [9.17, 15) is 15.0 Å². The van der Waals surface area contributed by atoms with Gasteiger partial charge in [0.05, 0.1) is 17.8 Å². The molecule has 0 spiro atoms. The fourth-order valence-electron chi connectivity index (χ4n) is 8.61. The lowest BCUT2D eigenvalue weighted by Crippen LogP contribution is -2.60. The predicted octanol–water partition coefficient (Wildman–Crippen LogP) is 6.32. The molecule has 0 bridgehead atoms. The Morgan fingerprint density at radius 1 is 1.12 bits per heavy atom. The average Bonchev–Trinajstić information content (AvgIpc) is 2.88. The van der Waals surface area contributed by atoms with E-state index < -0.39 is 24.3 Å². The van der Waals surface area contributed by atoms with Crippen molar-refractivity contribution in [3.8, 4) is 0 Å². The zero-order chi connectivity index (χ0) is 25.9. The number of aliphatic carboxylic acids is 1. The summed E-state index contributed by atoms with van der Waals surface area (Å²) in [6.07, 6.45) is 3.88. The van der Waals surface area contributed by atoms with Gasteiger partial charge in [-0.3, -0.25) is 0 Å². The SMILES string of the molecule is CCC[C@H]1[C@]2(C)C(O)C3OC(C(=O)O)C[C@@H](C)C3[C@@]2(C)CC[C@@]1(C)C(C)(C)CCOC(C)(C)C. The number of ether oxygens (including phenoxy) is 2. The maximum absolute atomic E-state index is 12.0. The largest absolute Gasteiger partial charge is 0.479 e. The zero-order valence-corrected chi connectivity index (χ0v) is 23.5. The van der Waals surface area contributed by atoms with E-state index in [1.54, 1.807) is 0 Å². The molecule has 34 heavy (non-hydrogen) atoms. The van der Waals surface area contributed by atoms with E-state index in [1.807, 2.05) is 0 Å². The van der Waals surface area contributed by atoms with Gasteiger partial charge in [0, 0.05) is 12.0 Å². The summed E-state index contributed by atoms with van der Waals surface area (Å²) in [5.74, 6) is -0.203. The van der Waals surface area contributed by atoms with Crippen LogP contribution in [0.5, 0.6) is 0 Å². The van der Waals surface area contributed by atoms with Crippen LogP contribution in [0.2, 0.25) is 0 Å². The summed E-state index contributed by atoms with van der Waals surface area (Å²) in [6, 6.07) is 0. The van der Waals surface area contributed by atoms with Crippen LogP contribution in [0.25, 0.3) is 0 Å². The summed E-state index contributed by atoms with van der Waals surface area (Å²) in [5.41, 5.74) is -0.511. The first-order valence-electron chi connectivity index (χ1n) is 13.7. The van der Waals surface area contributed by atoms with Gasteiger partial charge in [0.1, 0.15) is 0 Å². The quantitative estimate of drug-likeness (QED) is 0.446. The summed E-state index contributed by atoms with van der Waals surface area (Å²) < 4.78 is 12.3. The van der Waals surface area contributed by atoms with Crippen LogP contribution in [0, 0.1) is 39.4 Å². The third kappa shape index (κ3) is 4.16. The Balaban J connectivity index is 2.01. The van der Waals surface area contributed by atoms with Crippen molar-refractivity contribution in [2.45, 2.75) is 132 Å². The monoisotopic (exact) mass is 480 g/mol. The average molecular weight is 481 g/mol. The molecule has 5 nitrogen and oxygen atoms in total. The van der Waals surface area contributed by atoms with Crippen LogP contribution in [-0.4, -0.2) is 46.7 Å². The van der Waals surface area contributed by atoms with Gasteiger partial charge in [-0.05, 0) is 86.9 Å². The lowest BCUT2D eigenvalue weighted by atomic mass is 9.39. The maximum atomic E-state index is 12.0. The Morgan fingerprint density at radius 2 is 1.74 bits per heavy atom. The van der Waals surface area contributed by atoms with Crippen LogP contribution in [0.4, 0.5) is 0 Å². The normalized spacial score (nSPS) is 45.0. The predicted molar refractivity (Wildman–Crippen MR) is 136 cm³/mol. The molecule has 2 saturated carbocycles. The topological polar surface area (TPSA) is 76.0 Å². The molecule has 0 aromatic heterocycles. The van der Waals surface area contributed by atoms with Gasteiger partial charge < -0.3 is 19.7 Å². The molecule has 0 aromatic carbocycles. The summed E-state index contributed by atoms with van der Waals surface area (Å²) in [5, 5.41) is 21.7. The van der Waals surface area contributed by atoms with Gasteiger partial charge in [-0.15, -0.1) is 0 Å². The highest BCUT2D eigenvalue weighted by Crippen LogP contribution is 2.75. The van der Waals surface area contributed by atoms with E-state index in [2.05, 4.69) is 69.2 Å². The number of hydrogen-bond donors (Lipinski definition) is 2. The van der Waals surface area contributed by atoms with Crippen molar-refractivity contribution in [3.05, 3.63) is 0 Å². The molecule has 3 aliphatic rings. The van der Waals surface area contributed by atoms with Crippen molar-refractivity contribution in [3.63, 3.8) is 0 Å². The lowest BCUT2D eigenvalue weighted by molar-refractivity contribution is -0.191. The molecule has 2 N–H and O–H groups in total. The van der Waals surface area contributed by atoms with Crippen molar-refractivity contribution in [2.24, 2.45) is 39.4 Å². The van der Waals surface area contributed by atoms with E-state index in [4.69, 9.17) is 9.47 Å². The lowest BCUT2D eigenvalue weighted by Gasteiger charge is -2.65. The first-order chi connectivity index (χ1) is 15.5. The third-order valence-corrected chi connectivity index (χ3v) is 11.1. The number of carboxylic acids is 1. The molecule has 0 radical (unpaired) electrons. The third-order valence-electron chi connectivity index (χ3n) is 11.1. The molecule has 5 heteroatoms. The number of hydrogen-bond acceptors (Lipinski definition) is 4. The molecule has 0 amide bonds. The zero-order valence-electron chi connectivity index (χ0n) is 23.5. The molecular weight excluding hydrogens is 428 g/mol. The number of fused-ring (bicyclic) bond motifs is 3. The highest BCUT2D eigenvalue weighted by molar-refractivity contribution is 5.72. The molecule has 3 rings (SSSR count). The van der Waals surface area contributed by atoms with Crippen LogP contribution in [0.1, 0.15) is 108 Å². The second-order valence-corrected chi connectivity index (χ2v) is 14.2. The smallest absolute Gasteiger partial charge is 0.332 e. The van der Waals surface area contributed by atoms with Crippen LogP contribution in [-0.2, 0) is 14.3 Å². The van der Waals surface area contributed by atoms with Crippen LogP contribution >= 0.6 is 0 Å². The van der Waals surface area contributed by atoms with Gasteiger partial charge in [-0.25, -0.2) is 4.79 Å². The van der Waals surface area contributed by atoms with Crippen molar-refractivity contribution in [1.82, 2.24) is 0 Å². The standard InChI is InChI=1S/C29H52O5/c1-11-12-20-27(8,26(6,7)15-16-33-25(3,4)5)13-14-28(9)21-18(2)17-19(24(31)32)34-22(21)23(30)29(20,28)10/h18-23,30H,11-17H2,1-10H3,(H,31,32)/t18-,19?,20-,21?,22?,23?,27-,28-,29-/m1/s1. The fraction of sp³-hybridized carbons (Fsp3) is 0.966.